The number of hydrogen-bond acceptors (Lipinski definition) is 2. The van der Waals surface area contributed by atoms with E-state index in [1.807, 2.05) is 24.3 Å². The Kier molecular flexibility index (Phi) is 3.69. The molecule has 0 spiro atoms. The van der Waals surface area contributed by atoms with Crippen molar-refractivity contribution < 1.29 is 0 Å². The summed E-state index contributed by atoms with van der Waals surface area (Å²) in [6, 6.07) is 16.6. The predicted octanol–water partition coefficient (Wildman–Crippen LogP) is 4.05. The van der Waals surface area contributed by atoms with Crippen LogP contribution in [0.15, 0.2) is 42.5 Å². The first kappa shape index (κ1) is 12.7. The van der Waals surface area contributed by atoms with E-state index in [9.17, 15) is 0 Å². The van der Waals surface area contributed by atoms with Gasteiger partial charge >= 0.3 is 0 Å². The van der Waals surface area contributed by atoms with Gasteiger partial charge in [-0.2, -0.15) is 5.26 Å². The van der Waals surface area contributed by atoms with Crippen LogP contribution in [0.4, 0.5) is 5.69 Å². The number of anilines is 1. The standard InChI is InChI=1S/C18H18N2/c19-12-15-7-1-2-8-16(15)13-20-18-11-5-9-14-6-3-4-10-17(14)18/h1-2,5,7-9,11,20H,3-4,6,10,13H2. The molecule has 1 aliphatic rings. The second kappa shape index (κ2) is 5.79. The second-order valence-corrected chi connectivity index (χ2v) is 5.27. The summed E-state index contributed by atoms with van der Waals surface area (Å²) in [4.78, 5) is 0. The Balaban J connectivity index is 1.81. The van der Waals surface area contributed by atoms with Crippen molar-refractivity contribution in [1.82, 2.24) is 0 Å². The summed E-state index contributed by atoms with van der Waals surface area (Å²) in [6.07, 6.45) is 4.94. The minimum absolute atomic E-state index is 0.709. The molecule has 1 N–H and O–H groups in total. The minimum Gasteiger partial charge on any atom is -0.381 e. The summed E-state index contributed by atoms with van der Waals surface area (Å²) in [7, 11) is 0. The molecule has 0 fully saturated rings. The molecule has 0 bridgehead atoms. The number of hydrogen-bond donors (Lipinski definition) is 1. The third-order valence-corrected chi connectivity index (χ3v) is 4.00. The van der Waals surface area contributed by atoms with Gasteiger partial charge in [0.1, 0.15) is 0 Å². The average molecular weight is 262 g/mol. The normalized spacial score (nSPS) is 13.3. The van der Waals surface area contributed by atoms with Gasteiger partial charge in [-0.05, 0) is 54.5 Å². The lowest BCUT2D eigenvalue weighted by molar-refractivity contribution is 0.686. The summed E-state index contributed by atoms with van der Waals surface area (Å²) >= 11 is 0. The fourth-order valence-corrected chi connectivity index (χ4v) is 2.92. The molecule has 1 aliphatic carbocycles. The summed E-state index contributed by atoms with van der Waals surface area (Å²) in [6.45, 7) is 0.709. The van der Waals surface area contributed by atoms with E-state index in [1.165, 1.54) is 42.5 Å². The second-order valence-electron chi connectivity index (χ2n) is 5.27. The minimum atomic E-state index is 0.709. The topological polar surface area (TPSA) is 35.8 Å². The molecule has 0 unspecified atom stereocenters. The summed E-state index contributed by atoms with van der Waals surface area (Å²) in [5.41, 5.74) is 5.99. The number of nitriles is 1. The van der Waals surface area contributed by atoms with Crippen molar-refractivity contribution in [2.24, 2.45) is 0 Å². The van der Waals surface area contributed by atoms with E-state index in [-0.39, 0.29) is 0 Å². The molecular weight excluding hydrogens is 244 g/mol. The van der Waals surface area contributed by atoms with Gasteiger partial charge in [0, 0.05) is 12.2 Å². The fraction of sp³-hybridized carbons (Fsp3) is 0.278. The molecule has 0 saturated carbocycles. The Hall–Kier alpha value is -2.27. The summed E-state index contributed by atoms with van der Waals surface area (Å²) < 4.78 is 0. The van der Waals surface area contributed by atoms with Crippen molar-refractivity contribution in [2.45, 2.75) is 32.2 Å². The number of nitrogens with one attached hydrogen (secondary N) is 1. The van der Waals surface area contributed by atoms with Crippen LogP contribution < -0.4 is 5.32 Å². The lowest BCUT2D eigenvalue weighted by Crippen LogP contribution is -2.09. The van der Waals surface area contributed by atoms with Crippen LogP contribution in [0.2, 0.25) is 0 Å². The van der Waals surface area contributed by atoms with E-state index < -0.39 is 0 Å². The Labute approximate surface area is 120 Å². The molecule has 0 atom stereocenters. The molecule has 2 nitrogen and oxygen atoms in total. The largest absolute Gasteiger partial charge is 0.381 e. The molecule has 0 saturated heterocycles. The zero-order valence-corrected chi connectivity index (χ0v) is 11.5. The molecule has 100 valence electrons. The molecular formula is C18H18N2. The molecule has 0 radical (unpaired) electrons. The maximum absolute atomic E-state index is 9.13. The first-order valence-corrected chi connectivity index (χ1v) is 7.21. The van der Waals surface area contributed by atoms with Gasteiger partial charge in [-0.15, -0.1) is 0 Å². The number of nitrogens with zero attached hydrogens (tertiary/aromatic N) is 1. The van der Waals surface area contributed by atoms with E-state index in [1.54, 1.807) is 0 Å². The molecule has 2 heteroatoms. The van der Waals surface area contributed by atoms with Crippen molar-refractivity contribution >= 4 is 5.69 Å². The van der Waals surface area contributed by atoms with Gasteiger partial charge in [0.2, 0.25) is 0 Å². The smallest absolute Gasteiger partial charge is 0.0995 e. The van der Waals surface area contributed by atoms with Gasteiger partial charge in [-0.25, -0.2) is 0 Å². The first-order valence-electron chi connectivity index (χ1n) is 7.21. The van der Waals surface area contributed by atoms with Crippen molar-refractivity contribution in [1.29, 1.82) is 5.26 Å². The Bertz CT molecular complexity index is 653. The maximum Gasteiger partial charge on any atom is 0.0995 e. The first-order chi connectivity index (χ1) is 9.88. The van der Waals surface area contributed by atoms with E-state index in [0.29, 0.717) is 6.54 Å². The van der Waals surface area contributed by atoms with Crippen LogP contribution in [0.3, 0.4) is 0 Å². The maximum atomic E-state index is 9.13. The highest BCUT2D eigenvalue weighted by Gasteiger charge is 2.12. The highest BCUT2D eigenvalue weighted by Crippen LogP contribution is 2.28. The zero-order chi connectivity index (χ0) is 13.8. The van der Waals surface area contributed by atoms with Gasteiger partial charge in [-0.3, -0.25) is 0 Å². The summed E-state index contributed by atoms with van der Waals surface area (Å²) in [5.74, 6) is 0. The Morgan fingerprint density at radius 2 is 1.85 bits per heavy atom. The van der Waals surface area contributed by atoms with E-state index in [4.69, 9.17) is 5.26 Å². The molecule has 0 amide bonds. The number of aryl methyl sites for hydroxylation is 1. The van der Waals surface area contributed by atoms with Crippen LogP contribution in [-0.4, -0.2) is 0 Å². The lowest BCUT2D eigenvalue weighted by Gasteiger charge is -2.20. The van der Waals surface area contributed by atoms with E-state index in [2.05, 4.69) is 29.6 Å². The van der Waals surface area contributed by atoms with Crippen LogP contribution in [0.25, 0.3) is 0 Å². The number of fused-ring (bicyclic) bond motifs is 1. The van der Waals surface area contributed by atoms with Crippen molar-refractivity contribution in [3.05, 3.63) is 64.7 Å². The van der Waals surface area contributed by atoms with E-state index >= 15 is 0 Å². The molecule has 0 aromatic heterocycles. The van der Waals surface area contributed by atoms with Gasteiger partial charge in [-0.1, -0.05) is 30.3 Å². The van der Waals surface area contributed by atoms with Gasteiger partial charge in [0.05, 0.1) is 11.6 Å². The van der Waals surface area contributed by atoms with Crippen LogP contribution in [0.5, 0.6) is 0 Å². The third kappa shape index (κ3) is 2.53. The van der Waals surface area contributed by atoms with E-state index in [0.717, 1.165) is 11.1 Å². The van der Waals surface area contributed by atoms with Gasteiger partial charge in [0.25, 0.3) is 0 Å². The average Bonchev–Trinajstić information content (AvgIpc) is 2.53. The Morgan fingerprint density at radius 3 is 2.75 bits per heavy atom. The SMILES string of the molecule is N#Cc1ccccc1CNc1cccc2c1CCCC2. The van der Waals surface area contributed by atoms with Crippen molar-refractivity contribution in [2.75, 3.05) is 5.32 Å². The molecule has 2 aromatic carbocycles. The molecule has 20 heavy (non-hydrogen) atoms. The summed E-state index contributed by atoms with van der Waals surface area (Å²) in [5, 5.41) is 12.6. The Morgan fingerprint density at radius 1 is 1.00 bits per heavy atom. The quantitative estimate of drug-likeness (QED) is 0.905. The third-order valence-electron chi connectivity index (χ3n) is 4.00. The van der Waals surface area contributed by atoms with Gasteiger partial charge < -0.3 is 5.32 Å². The molecule has 3 rings (SSSR count). The highest BCUT2D eigenvalue weighted by atomic mass is 14.9. The number of rotatable bonds is 3. The van der Waals surface area contributed by atoms with Crippen LogP contribution in [-0.2, 0) is 19.4 Å². The highest BCUT2D eigenvalue weighted by molar-refractivity contribution is 5.56. The number of benzene rings is 2. The van der Waals surface area contributed by atoms with Crippen molar-refractivity contribution in [3.8, 4) is 6.07 Å². The molecule has 0 aliphatic heterocycles. The monoisotopic (exact) mass is 262 g/mol. The van der Waals surface area contributed by atoms with Crippen molar-refractivity contribution in [3.63, 3.8) is 0 Å². The lowest BCUT2D eigenvalue weighted by atomic mass is 9.90. The zero-order valence-electron chi connectivity index (χ0n) is 11.5. The van der Waals surface area contributed by atoms with Crippen LogP contribution >= 0.6 is 0 Å². The van der Waals surface area contributed by atoms with Gasteiger partial charge in [0.15, 0.2) is 0 Å². The molecule has 0 heterocycles. The molecule has 2 aromatic rings. The van der Waals surface area contributed by atoms with Crippen LogP contribution in [0.1, 0.15) is 35.1 Å². The fourth-order valence-electron chi connectivity index (χ4n) is 2.92. The van der Waals surface area contributed by atoms with Crippen LogP contribution in [0, 0.1) is 11.3 Å². The predicted molar refractivity (Wildman–Crippen MR) is 81.6 cm³/mol.